The van der Waals surface area contributed by atoms with Gasteiger partial charge in [0.1, 0.15) is 5.82 Å². The molecule has 2 N–H and O–H groups in total. The summed E-state index contributed by atoms with van der Waals surface area (Å²) in [4.78, 5) is 2.31. The van der Waals surface area contributed by atoms with Gasteiger partial charge in [0, 0.05) is 12.6 Å². The number of benzene rings is 1. The number of likely N-dealkylation sites (tertiary alicyclic amines) is 1. The highest BCUT2D eigenvalue weighted by Gasteiger charge is 2.22. The Balaban J connectivity index is 1.98. The molecule has 0 aromatic heterocycles. The molecule has 1 aliphatic rings. The van der Waals surface area contributed by atoms with Gasteiger partial charge in [-0.25, -0.2) is 4.39 Å². The third kappa shape index (κ3) is 3.60. The molecule has 1 heterocycles. The molecule has 1 atom stereocenters. The minimum Gasteiger partial charge on any atom is -0.328 e. The summed E-state index contributed by atoms with van der Waals surface area (Å²) >= 11 is 11.9. The number of hydrogen-bond donors (Lipinski definition) is 1. The topological polar surface area (TPSA) is 29.3 Å². The second-order valence-electron chi connectivity index (χ2n) is 5.31. The largest absolute Gasteiger partial charge is 0.328 e. The van der Waals surface area contributed by atoms with Crippen LogP contribution in [0, 0.1) is 11.7 Å². The molecule has 2 rings (SSSR count). The minimum atomic E-state index is -0.467. The van der Waals surface area contributed by atoms with Crippen LogP contribution in [0.5, 0.6) is 0 Å². The third-order valence-electron chi connectivity index (χ3n) is 3.88. The van der Waals surface area contributed by atoms with E-state index in [1.165, 1.54) is 6.07 Å². The number of halogens is 3. The molecule has 0 radical (unpaired) electrons. The average molecular weight is 305 g/mol. The van der Waals surface area contributed by atoms with Gasteiger partial charge in [0.2, 0.25) is 0 Å². The zero-order chi connectivity index (χ0) is 14.0. The molecule has 1 fully saturated rings. The molecule has 0 amide bonds. The van der Waals surface area contributed by atoms with Crippen LogP contribution in [0.2, 0.25) is 10.0 Å². The van der Waals surface area contributed by atoms with E-state index in [4.69, 9.17) is 28.9 Å². The average Bonchev–Trinajstić information content (AvgIpc) is 2.40. The summed E-state index contributed by atoms with van der Waals surface area (Å²) < 4.78 is 13.2. The Morgan fingerprint density at radius 2 is 1.95 bits per heavy atom. The highest BCUT2D eigenvalue weighted by Crippen LogP contribution is 2.30. The summed E-state index contributed by atoms with van der Waals surface area (Å²) in [6.45, 7) is 4.77. The predicted molar refractivity (Wildman–Crippen MR) is 78.1 cm³/mol. The Bertz CT molecular complexity index is 443. The molecule has 0 aliphatic carbocycles. The lowest BCUT2D eigenvalue weighted by Gasteiger charge is -2.33. The fourth-order valence-electron chi connectivity index (χ4n) is 2.57. The fourth-order valence-corrected chi connectivity index (χ4v) is 2.96. The highest BCUT2D eigenvalue weighted by molar-refractivity contribution is 6.42. The van der Waals surface area contributed by atoms with Gasteiger partial charge in [0.05, 0.1) is 10.0 Å². The minimum absolute atomic E-state index is 0.0182. The Morgan fingerprint density at radius 3 is 2.53 bits per heavy atom. The van der Waals surface area contributed by atoms with Crippen molar-refractivity contribution in [3.8, 4) is 0 Å². The SMILES string of the molecule is CC(N)C1CCN(Cc2ccc(F)c(Cl)c2Cl)CC1. The molecule has 1 saturated heterocycles. The number of hydrogen-bond acceptors (Lipinski definition) is 2. The van der Waals surface area contributed by atoms with Crippen LogP contribution in [0.3, 0.4) is 0 Å². The molecule has 0 bridgehead atoms. The smallest absolute Gasteiger partial charge is 0.143 e. The van der Waals surface area contributed by atoms with E-state index in [0.29, 0.717) is 17.5 Å². The van der Waals surface area contributed by atoms with Crippen molar-refractivity contribution in [2.75, 3.05) is 13.1 Å². The molecule has 1 aromatic carbocycles. The van der Waals surface area contributed by atoms with Crippen LogP contribution in [0.15, 0.2) is 12.1 Å². The molecule has 19 heavy (non-hydrogen) atoms. The lowest BCUT2D eigenvalue weighted by Crippen LogP contribution is -2.39. The first-order valence-corrected chi connectivity index (χ1v) is 7.35. The predicted octanol–water partition coefficient (Wildman–Crippen LogP) is 3.69. The van der Waals surface area contributed by atoms with Crippen LogP contribution < -0.4 is 5.73 Å². The molecule has 1 aromatic rings. The summed E-state index contributed by atoms with van der Waals surface area (Å²) in [5.41, 5.74) is 6.81. The van der Waals surface area contributed by atoms with Gasteiger partial charge < -0.3 is 5.73 Å². The third-order valence-corrected chi connectivity index (χ3v) is 4.78. The summed E-state index contributed by atoms with van der Waals surface area (Å²) in [7, 11) is 0. The Kier molecular flexibility index (Phi) is 5.07. The van der Waals surface area contributed by atoms with Crippen LogP contribution >= 0.6 is 23.2 Å². The van der Waals surface area contributed by atoms with E-state index in [1.54, 1.807) is 6.07 Å². The standard InChI is InChI=1S/C14H19Cl2FN2/c1-9(18)10-4-6-19(7-5-10)8-11-2-3-12(17)14(16)13(11)15/h2-3,9-10H,4-8,18H2,1H3. The number of nitrogens with zero attached hydrogens (tertiary/aromatic N) is 1. The maximum absolute atomic E-state index is 13.2. The van der Waals surface area contributed by atoms with Crippen molar-refractivity contribution in [2.24, 2.45) is 11.7 Å². The van der Waals surface area contributed by atoms with Gasteiger partial charge >= 0.3 is 0 Å². The van der Waals surface area contributed by atoms with Crippen molar-refractivity contribution in [1.82, 2.24) is 4.90 Å². The van der Waals surface area contributed by atoms with Crippen molar-refractivity contribution in [3.63, 3.8) is 0 Å². The van der Waals surface area contributed by atoms with Crippen molar-refractivity contribution in [1.29, 1.82) is 0 Å². The number of rotatable bonds is 3. The Labute approximate surface area is 123 Å². The van der Waals surface area contributed by atoms with Crippen molar-refractivity contribution >= 4 is 23.2 Å². The number of nitrogens with two attached hydrogens (primary N) is 1. The molecular formula is C14H19Cl2FN2. The van der Waals surface area contributed by atoms with Crippen molar-refractivity contribution in [3.05, 3.63) is 33.6 Å². The van der Waals surface area contributed by atoms with Gasteiger partial charge in [0.25, 0.3) is 0 Å². The second-order valence-corrected chi connectivity index (χ2v) is 6.06. The van der Waals surface area contributed by atoms with E-state index in [9.17, 15) is 4.39 Å². The molecule has 0 saturated carbocycles. The van der Waals surface area contributed by atoms with Gasteiger partial charge in [0.15, 0.2) is 0 Å². The zero-order valence-electron chi connectivity index (χ0n) is 11.0. The molecule has 5 heteroatoms. The van der Waals surface area contributed by atoms with E-state index in [1.807, 2.05) is 0 Å². The maximum atomic E-state index is 13.2. The first-order chi connectivity index (χ1) is 8.99. The summed E-state index contributed by atoms with van der Waals surface area (Å²) in [5.74, 6) is 0.134. The van der Waals surface area contributed by atoms with Crippen LogP contribution in [0.25, 0.3) is 0 Å². The van der Waals surface area contributed by atoms with E-state index in [0.717, 1.165) is 31.5 Å². The monoisotopic (exact) mass is 304 g/mol. The van der Waals surface area contributed by atoms with Gasteiger partial charge in [-0.3, -0.25) is 4.90 Å². The Hall–Kier alpha value is -0.350. The van der Waals surface area contributed by atoms with Crippen LogP contribution in [0.4, 0.5) is 4.39 Å². The van der Waals surface area contributed by atoms with E-state index in [-0.39, 0.29) is 11.1 Å². The highest BCUT2D eigenvalue weighted by atomic mass is 35.5. The summed E-state index contributed by atoms with van der Waals surface area (Å²) in [6, 6.07) is 3.34. The lowest BCUT2D eigenvalue weighted by molar-refractivity contribution is 0.166. The molecule has 1 unspecified atom stereocenters. The van der Waals surface area contributed by atoms with E-state index in [2.05, 4.69) is 11.8 Å². The number of piperidine rings is 1. The Morgan fingerprint density at radius 1 is 1.32 bits per heavy atom. The zero-order valence-corrected chi connectivity index (χ0v) is 12.5. The van der Waals surface area contributed by atoms with Gasteiger partial charge in [-0.15, -0.1) is 0 Å². The molecule has 0 spiro atoms. The van der Waals surface area contributed by atoms with Crippen LogP contribution in [-0.2, 0) is 6.54 Å². The van der Waals surface area contributed by atoms with E-state index < -0.39 is 5.82 Å². The van der Waals surface area contributed by atoms with Crippen molar-refractivity contribution in [2.45, 2.75) is 32.4 Å². The quantitative estimate of drug-likeness (QED) is 0.863. The van der Waals surface area contributed by atoms with Crippen molar-refractivity contribution < 1.29 is 4.39 Å². The van der Waals surface area contributed by atoms with E-state index >= 15 is 0 Å². The van der Waals surface area contributed by atoms with Crippen LogP contribution in [0.1, 0.15) is 25.3 Å². The first kappa shape index (κ1) is 15.0. The van der Waals surface area contributed by atoms with Gasteiger partial charge in [-0.05, 0) is 50.4 Å². The summed E-state index contributed by atoms with van der Waals surface area (Å²) in [6.07, 6.45) is 2.20. The first-order valence-electron chi connectivity index (χ1n) is 6.59. The maximum Gasteiger partial charge on any atom is 0.143 e. The molecular weight excluding hydrogens is 286 g/mol. The lowest BCUT2D eigenvalue weighted by atomic mass is 9.91. The van der Waals surface area contributed by atoms with Gasteiger partial charge in [-0.2, -0.15) is 0 Å². The van der Waals surface area contributed by atoms with Gasteiger partial charge in [-0.1, -0.05) is 29.3 Å². The second kappa shape index (κ2) is 6.40. The molecule has 106 valence electrons. The molecule has 1 aliphatic heterocycles. The normalized spacial score (nSPS) is 19.6. The summed E-state index contributed by atoms with van der Waals surface area (Å²) in [5, 5.41) is 0.348. The fraction of sp³-hybridized carbons (Fsp3) is 0.571. The molecule has 2 nitrogen and oxygen atoms in total. The van der Waals surface area contributed by atoms with Crippen LogP contribution in [-0.4, -0.2) is 24.0 Å².